The molecule has 1 aromatic carbocycles. The fourth-order valence-corrected chi connectivity index (χ4v) is 6.44. The number of nitrogens with one attached hydrogen (secondary N) is 1. The van der Waals surface area contributed by atoms with Crippen molar-refractivity contribution in [3.8, 4) is 17.2 Å². The smallest absolute Gasteiger partial charge is 0.289 e. The van der Waals surface area contributed by atoms with Gasteiger partial charge in [0, 0.05) is 30.9 Å². The van der Waals surface area contributed by atoms with E-state index >= 15 is 0 Å². The number of carbonyl (C=O) groups is 1. The number of nitrogens with zero attached hydrogens (tertiary/aromatic N) is 2. The Morgan fingerprint density at radius 3 is 2.27 bits per heavy atom. The molecule has 0 aliphatic heterocycles. The first kappa shape index (κ1) is 21.9. The summed E-state index contributed by atoms with van der Waals surface area (Å²) in [5, 5.41) is 3.23. The maximum absolute atomic E-state index is 12.9. The number of benzene rings is 1. The summed E-state index contributed by atoms with van der Waals surface area (Å²) in [6.45, 7) is 0. The number of hydrogen-bond donors (Lipinski definition) is 2. The van der Waals surface area contributed by atoms with Crippen molar-refractivity contribution < 1.29 is 19.0 Å². The van der Waals surface area contributed by atoms with Crippen LogP contribution < -0.4 is 25.3 Å². The predicted molar refractivity (Wildman–Crippen MR) is 123 cm³/mol. The van der Waals surface area contributed by atoms with Gasteiger partial charge in [-0.2, -0.15) is 0 Å². The van der Waals surface area contributed by atoms with Gasteiger partial charge in [0.15, 0.2) is 11.5 Å². The summed E-state index contributed by atoms with van der Waals surface area (Å²) in [6, 6.07) is 4.14. The van der Waals surface area contributed by atoms with Crippen LogP contribution in [0.25, 0.3) is 0 Å². The molecule has 33 heavy (non-hydrogen) atoms. The molecule has 3 N–H and O–H groups in total. The van der Waals surface area contributed by atoms with Gasteiger partial charge in [0.25, 0.3) is 5.91 Å². The number of rotatable bonds is 7. The zero-order valence-electron chi connectivity index (χ0n) is 19.4. The van der Waals surface area contributed by atoms with E-state index < -0.39 is 0 Å². The van der Waals surface area contributed by atoms with E-state index in [4.69, 9.17) is 19.9 Å². The topological polar surface area (TPSA) is 109 Å². The van der Waals surface area contributed by atoms with E-state index in [9.17, 15) is 4.79 Å². The van der Waals surface area contributed by atoms with Crippen molar-refractivity contribution in [3.05, 3.63) is 41.5 Å². The monoisotopic (exact) mass is 452 g/mol. The number of amides is 1. The number of aromatic nitrogens is 2. The van der Waals surface area contributed by atoms with Gasteiger partial charge < -0.3 is 25.3 Å². The highest BCUT2D eigenvalue weighted by molar-refractivity contribution is 5.90. The Morgan fingerprint density at radius 2 is 1.64 bits per heavy atom. The highest BCUT2D eigenvalue weighted by Crippen LogP contribution is 2.53. The summed E-state index contributed by atoms with van der Waals surface area (Å²) in [5.41, 5.74) is 8.37. The lowest BCUT2D eigenvalue weighted by Gasteiger charge is -2.57. The van der Waals surface area contributed by atoms with Crippen molar-refractivity contribution in [2.24, 2.45) is 29.4 Å². The second kappa shape index (κ2) is 8.82. The molecule has 0 radical (unpaired) electrons. The van der Waals surface area contributed by atoms with Crippen LogP contribution in [0.4, 0.5) is 0 Å². The molecule has 8 nitrogen and oxygen atoms in total. The lowest BCUT2D eigenvalue weighted by molar-refractivity contribution is -0.0287. The van der Waals surface area contributed by atoms with Crippen molar-refractivity contribution in [2.75, 3.05) is 21.3 Å². The fourth-order valence-electron chi connectivity index (χ4n) is 6.44. The van der Waals surface area contributed by atoms with Gasteiger partial charge in [0.1, 0.15) is 0 Å². The summed E-state index contributed by atoms with van der Waals surface area (Å²) in [5.74, 6) is 4.07. The van der Waals surface area contributed by atoms with Crippen molar-refractivity contribution in [3.63, 3.8) is 0 Å². The Bertz CT molecular complexity index is 1000. The van der Waals surface area contributed by atoms with Gasteiger partial charge >= 0.3 is 0 Å². The van der Waals surface area contributed by atoms with Crippen LogP contribution in [-0.2, 0) is 6.42 Å². The summed E-state index contributed by atoms with van der Waals surface area (Å²) < 4.78 is 16.2. The van der Waals surface area contributed by atoms with Crippen molar-refractivity contribution in [2.45, 2.75) is 44.2 Å². The van der Waals surface area contributed by atoms with Crippen molar-refractivity contribution >= 4 is 5.91 Å². The molecular weight excluding hydrogens is 420 g/mol. The van der Waals surface area contributed by atoms with Crippen LogP contribution in [0.1, 0.15) is 47.4 Å². The van der Waals surface area contributed by atoms with E-state index in [1.54, 1.807) is 33.7 Å². The Labute approximate surface area is 194 Å². The molecule has 4 saturated carbocycles. The normalized spacial score (nSPS) is 29.6. The lowest BCUT2D eigenvalue weighted by Crippen LogP contribution is -2.64. The molecule has 4 aliphatic rings. The highest BCUT2D eigenvalue weighted by Gasteiger charge is 2.52. The molecule has 2 aromatic rings. The first-order valence-electron chi connectivity index (χ1n) is 11.7. The molecule has 1 amide bonds. The summed E-state index contributed by atoms with van der Waals surface area (Å²) >= 11 is 0. The van der Waals surface area contributed by atoms with Gasteiger partial charge in [-0.15, -0.1) is 0 Å². The molecule has 4 bridgehead atoms. The highest BCUT2D eigenvalue weighted by atomic mass is 16.5. The molecule has 4 fully saturated rings. The number of nitrogens with two attached hydrogens (primary N) is 1. The summed E-state index contributed by atoms with van der Waals surface area (Å²) in [6.07, 6.45) is 8.72. The van der Waals surface area contributed by atoms with E-state index in [2.05, 4.69) is 15.3 Å². The maximum Gasteiger partial charge on any atom is 0.289 e. The van der Waals surface area contributed by atoms with Crippen LogP contribution >= 0.6 is 0 Å². The SMILES string of the molecule is COc1cc(Cc2cnc(C(=O)NC3C4CC5CC(C4)C(N)C3C5)nc2)cc(OC)c1OC. The second-order valence-electron chi connectivity index (χ2n) is 9.69. The van der Waals surface area contributed by atoms with Gasteiger partial charge in [0.05, 0.1) is 21.3 Å². The van der Waals surface area contributed by atoms with Crippen molar-refractivity contribution in [1.29, 1.82) is 0 Å². The molecule has 6 atom stereocenters. The minimum atomic E-state index is -0.209. The zero-order valence-corrected chi connectivity index (χ0v) is 19.4. The third-order valence-electron chi connectivity index (χ3n) is 7.83. The molecular formula is C25H32N4O4. The number of methoxy groups -OCH3 is 3. The standard InChI is InChI=1S/C25H32N4O4/c1-31-19-8-13(9-20(32-2)23(19)33-3)4-15-11-27-24(28-12-15)25(30)29-22-17-6-14-5-16(10-17)21(26)18(22)7-14/h8-9,11-12,14,16-18,21-22H,4-7,10,26H2,1-3H3,(H,29,30). The predicted octanol–water partition coefficient (Wildman–Crippen LogP) is 2.58. The molecule has 1 heterocycles. The van der Waals surface area contributed by atoms with Crippen LogP contribution in [-0.4, -0.2) is 49.3 Å². The minimum absolute atomic E-state index is 0.141. The first-order valence-corrected chi connectivity index (χ1v) is 11.7. The third kappa shape index (κ3) is 4.01. The van der Waals surface area contributed by atoms with Crippen LogP contribution in [0.5, 0.6) is 17.2 Å². The van der Waals surface area contributed by atoms with Crippen LogP contribution in [0, 0.1) is 23.7 Å². The van der Waals surface area contributed by atoms with Crippen LogP contribution in [0.2, 0.25) is 0 Å². The van der Waals surface area contributed by atoms with E-state index in [-0.39, 0.29) is 23.8 Å². The molecule has 8 heteroatoms. The van der Waals surface area contributed by atoms with E-state index in [1.165, 1.54) is 12.8 Å². The number of ether oxygens (including phenoxy) is 3. The zero-order chi connectivity index (χ0) is 23.1. The number of carbonyl (C=O) groups excluding carboxylic acids is 1. The molecule has 1 aromatic heterocycles. The largest absolute Gasteiger partial charge is 0.493 e. The van der Waals surface area contributed by atoms with Gasteiger partial charge in [-0.05, 0) is 72.6 Å². The van der Waals surface area contributed by atoms with Gasteiger partial charge in [-0.3, -0.25) is 4.79 Å². The van der Waals surface area contributed by atoms with Gasteiger partial charge in [0.2, 0.25) is 11.6 Å². The van der Waals surface area contributed by atoms with Crippen LogP contribution in [0.15, 0.2) is 24.5 Å². The molecule has 6 rings (SSSR count). The average molecular weight is 453 g/mol. The van der Waals surface area contributed by atoms with Gasteiger partial charge in [-0.1, -0.05) is 0 Å². The summed E-state index contributed by atoms with van der Waals surface area (Å²) in [4.78, 5) is 21.6. The van der Waals surface area contributed by atoms with E-state index in [0.29, 0.717) is 41.4 Å². The average Bonchev–Trinajstić information content (AvgIpc) is 2.83. The maximum atomic E-state index is 12.9. The Kier molecular flexibility index (Phi) is 5.86. The first-order chi connectivity index (χ1) is 16.0. The molecule has 0 spiro atoms. The second-order valence-corrected chi connectivity index (χ2v) is 9.69. The number of hydrogen-bond acceptors (Lipinski definition) is 7. The van der Waals surface area contributed by atoms with E-state index in [1.807, 2.05) is 12.1 Å². The van der Waals surface area contributed by atoms with E-state index in [0.717, 1.165) is 29.9 Å². The molecule has 0 saturated heterocycles. The fraction of sp³-hybridized carbons (Fsp3) is 0.560. The van der Waals surface area contributed by atoms with Crippen LogP contribution in [0.3, 0.4) is 0 Å². The summed E-state index contributed by atoms with van der Waals surface area (Å²) in [7, 11) is 4.76. The molecule has 6 unspecified atom stereocenters. The molecule has 4 aliphatic carbocycles. The lowest BCUT2D eigenvalue weighted by atomic mass is 9.52. The molecule has 176 valence electrons. The Morgan fingerprint density at radius 1 is 0.970 bits per heavy atom. The quantitative estimate of drug-likeness (QED) is 0.665. The Balaban J connectivity index is 1.27. The van der Waals surface area contributed by atoms with Gasteiger partial charge in [-0.25, -0.2) is 9.97 Å². The third-order valence-corrected chi connectivity index (χ3v) is 7.83. The minimum Gasteiger partial charge on any atom is -0.493 e. The Hall–Kier alpha value is -2.87. The van der Waals surface area contributed by atoms with Crippen molar-refractivity contribution in [1.82, 2.24) is 15.3 Å².